The molecule has 414 valence electrons. The Bertz CT molecular complexity index is 2850. The summed E-state index contributed by atoms with van der Waals surface area (Å²) in [6.45, 7) is 7.38. The molecule has 0 saturated carbocycles. The number of anilines is 3. The Morgan fingerprint density at radius 1 is 0.756 bits per heavy atom. The van der Waals surface area contributed by atoms with Gasteiger partial charge in [-0.25, -0.2) is 0 Å². The molecule has 5 amide bonds. The molecule has 0 aliphatic carbocycles. The first-order chi connectivity index (χ1) is 38.1. The van der Waals surface area contributed by atoms with Crippen LogP contribution in [-0.2, 0) is 27.5 Å². The van der Waals surface area contributed by atoms with E-state index in [1.807, 2.05) is 34.0 Å². The van der Waals surface area contributed by atoms with Crippen molar-refractivity contribution >= 4 is 46.7 Å². The summed E-state index contributed by atoms with van der Waals surface area (Å²) >= 11 is 0. The van der Waals surface area contributed by atoms with Crippen LogP contribution in [0.1, 0.15) is 136 Å². The van der Waals surface area contributed by atoms with Gasteiger partial charge in [0.1, 0.15) is 41.6 Å². The van der Waals surface area contributed by atoms with E-state index >= 15 is 0 Å². The van der Waals surface area contributed by atoms with E-state index in [1.54, 1.807) is 42.5 Å². The molecule has 20 heteroatoms. The number of fused-ring (bicyclic) bond motifs is 1. The summed E-state index contributed by atoms with van der Waals surface area (Å²) in [6.07, 6.45) is 18.5. The van der Waals surface area contributed by atoms with E-state index in [0.29, 0.717) is 54.5 Å². The Morgan fingerprint density at radius 2 is 1.47 bits per heavy atom. The average molecular weight is 1070 g/mol. The number of piperidine rings is 2. The van der Waals surface area contributed by atoms with Crippen molar-refractivity contribution in [3.8, 4) is 28.5 Å². The van der Waals surface area contributed by atoms with Crippen LogP contribution in [0.2, 0.25) is 0 Å². The van der Waals surface area contributed by atoms with Crippen molar-refractivity contribution in [2.75, 3.05) is 68.4 Å². The molecule has 0 spiro atoms. The molecule has 5 aromatic rings. The lowest BCUT2D eigenvalue weighted by Crippen LogP contribution is -2.54. The summed E-state index contributed by atoms with van der Waals surface area (Å²) in [7, 11) is 0. The van der Waals surface area contributed by atoms with Gasteiger partial charge in [0.2, 0.25) is 17.7 Å². The number of benzene rings is 3. The zero-order valence-corrected chi connectivity index (χ0v) is 44.7. The molecule has 78 heavy (non-hydrogen) atoms. The van der Waals surface area contributed by atoms with Gasteiger partial charge >= 0.3 is 0 Å². The van der Waals surface area contributed by atoms with Crippen molar-refractivity contribution in [1.82, 2.24) is 45.2 Å². The van der Waals surface area contributed by atoms with Crippen LogP contribution < -0.4 is 30.7 Å². The highest BCUT2D eigenvalue weighted by Gasteiger charge is 2.45. The SMILES string of the molecule is Nc1nnc(-c2ccccc2O)cc1OC1CCCN(c2ccc(OCCN3CCN(C(=O)CCCCCCCCCCCCCCn4cc(CNc5cccc6c5C(=O)N(C5CCC(=O)NC5=O)C6=O)nn4)CC3)cc2)C1. The van der Waals surface area contributed by atoms with Crippen LogP contribution in [0.4, 0.5) is 17.2 Å². The molecular weight excluding hydrogens is 993 g/mol. The minimum absolute atomic E-state index is 0.0684. The molecule has 0 radical (unpaired) electrons. The van der Waals surface area contributed by atoms with Gasteiger partial charge in [-0.2, -0.15) is 0 Å². The molecular formula is C58H74N12O8. The van der Waals surface area contributed by atoms with E-state index in [-0.39, 0.29) is 47.5 Å². The van der Waals surface area contributed by atoms with Crippen LogP contribution in [0.15, 0.2) is 79.0 Å². The van der Waals surface area contributed by atoms with Crippen molar-refractivity contribution in [1.29, 1.82) is 0 Å². The number of aryl methyl sites for hydroxylation is 1. The Morgan fingerprint density at radius 3 is 2.22 bits per heavy atom. The maximum atomic E-state index is 13.4. The molecule has 0 bridgehead atoms. The number of nitrogen functional groups attached to an aromatic ring is 1. The number of amides is 5. The van der Waals surface area contributed by atoms with E-state index in [9.17, 15) is 29.1 Å². The van der Waals surface area contributed by atoms with Crippen molar-refractivity contribution in [3.63, 3.8) is 0 Å². The molecule has 2 aromatic heterocycles. The van der Waals surface area contributed by atoms with Crippen molar-refractivity contribution in [3.05, 3.63) is 95.8 Å². The molecule has 3 aromatic carbocycles. The van der Waals surface area contributed by atoms with Gasteiger partial charge < -0.3 is 35.4 Å². The molecule has 3 fully saturated rings. The summed E-state index contributed by atoms with van der Waals surface area (Å²) in [5.41, 5.74) is 9.96. The predicted octanol–water partition coefficient (Wildman–Crippen LogP) is 7.38. The number of carbonyl (C=O) groups excluding carboxylic acids is 5. The van der Waals surface area contributed by atoms with Crippen LogP contribution in [0.25, 0.3) is 11.3 Å². The minimum Gasteiger partial charge on any atom is -0.507 e. The molecule has 20 nitrogen and oxygen atoms in total. The monoisotopic (exact) mass is 1070 g/mol. The number of unbranched alkanes of at least 4 members (excludes halogenated alkanes) is 11. The standard InChI is InChI=1S/C58H74N12O8/c59-55-51(37-48(63-64-55)45-18-12-13-21-50(45)71)78-44-17-16-29-68(40-44)42-23-25-43(26-24-42)77-36-35-66-31-33-67(34-32-66)53(73)22-11-9-7-5-3-1-2-4-6-8-10-14-30-69-39-41(62-65-69)38-60-47-20-15-19-46-54(47)58(76)70(57(46)75)49-27-28-52(72)61-56(49)74/h12-13,15,18-21,23-26,37,39,44,49,60,71H,1-11,14,16-17,22,27-36,38,40H2,(H2,59,64)(H,61,72,74). The molecule has 4 aliphatic rings. The number of nitrogens with zero attached hydrogens (tertiary/aromatic N) is 9. The topological polar surface area (TPSA) is 244 Å². The highest BCUT2D eigenvalue weighted by Crippen LogP contribution is 2.34. The lowest BCUT2D eigenvalue weighted by molar-refractivity contribution is -0.136. The van der Waals surface area contributed by atoms with Gasteiger partial charge in [0.15, 0.2) is 11.6 Å². The average Bonchev–Trinajstić information content (AvgIpc) is 4.21. The van der Waals surface area contributed by atoms with Gasteiger partial charge in [-0.3, -0.25) is 43.8 Å². The van der Waals surface area contributed by atoms with Crippen molar-refractivity contribution < 1.29 is 38.6 Å². The van der Waals surface area contributed by atoms with Crippen LogP contribution in [-0.4, -0.2) is 139 Å². The number of para-hydroxylation sites is 1. The summed E-state index contributed by atoms with van der Waals surface area (Å²) in [5.74, 6) is -0.218. The first-order valence-electron chi connectivity index (χ1n) is 28.1. The fourth-order valence-electron chi connectivity index (χ4n) is 10.9. The van der Waals surface area contributed by atoms with Gasteiger partial charge in [0, 0.05) is 81.7 Å². The number of aromatic hydroxyl groups is 1. The van der Waals surface area contributed by atoms with E-state index in [0.717, 1.165) is 101 Å². The van der Waals surface area contributed by atoms with Gasteiger partial charge in [-0.15, -0.1) is 15.3 Å². The number of hydrogen-bond donors (Lipinski definition) is 4. The van der Waals surface area contributed by atoms with E-state index in [4.69, 9.17) is 15.2 Å². The van der Waals surface area contributed by atoms with Crippen LogP contribution in [0, 0.1) is 0 Å². The third-order valence-corrected chi connectivity index (χ3v) is 15.3. The molecule has 5 N–H and O–H groups in total. The zero-order valence-electron chi connectivity index (χ0n) is 44.7. The third-order valence-electron chi connectivity index (χ3n) is 15.3. The summed E-state index contributed by atoms with van der Waals surface area (Å²) in [5, 5.41) is 32.6. The smallest absolute Gasteiger partial charge is 0.264 e. The van der Waals surface area contributed by atoms with Crippen molar-refractivity contribution in [2.45, 2.75) is 134 Å². The number of phenols is 1. The second-order valence-electron chi connectivity index (χ2n) is 20.9. The largest absolute Gasteiger partial charge is 0.507 e. The number of carbonyl (C=O) groups is 5. The minimum atomic E-state index is -1.01. The number of nitrogens with one attached hydrogen (secondary N) is 2. The summed E-state index contributed by atoms with van der Waals surface area (Å²) in [4.78, 5) is 71.3. The van der Waals surface area contributed by atoms with E-state index < -0.39 is 29.7 Å². The maximum Gasteiger partial charge on any atom is 0.264 e. The first kappa shape index (κ1) is 55.2. The third kappa shape index (κ3) is 14.5. The molecule has 2 unspecified atom stereocenters. The number of phenolic OH excluding ortho intramolecular Hbond substituents is 1. The highest BCUT2D eigenvalue weighted by atomic mass is 16.5. The van der Waals surface area contributed by atoms with Gasteiger partial charge in [0.05, 0.1) is 30.4 Å². The summed E-state index contributed by atoms with van der Waals surface area (Å²) < 4.78 is 14.3. The van der Waals surface area contributed by atoms with Gasteiger partial charge in [-0.1, -0.05) is 87.6 Å². The molecule has 2 atom stereocenters. The summed E-state index contributed by atoms with van der Waals surface area (Å²) in [6, 6.07) is 20.9. The normalized spacial score (nSPS) is 17.8. The lowest BCUT2D eigenvalue weighted by atomic mass is 10.0. The van der Waals surface area contributed by atoms with Crippen LogP contribution in [0.5, 0.6) is 17.2 Å². The number of ether oxygens (including phenoxy) is 2. The Kier molecular flexibility index (Phi) is 19.2. The fourth-order valence-corrected chi connectivity index (χ4v) is 10.9. The fraction of sp³-hybridized carbons (Fsp3) is 0.500. The van der Waals surface area contributed by atoms with Gasteiger partial charge in [-0.05, 0) is 80.6 Å². The second kappa shape index (κ2) is 27.1. The van der Waals surface area contributed by atoms with Crippen LogP contribution >= 0.6 is 0 Å². The molecule has 4 aliphatic heterocycles. The number of hydrogen-bond acceptors (Lipinski definition) is 16. The number of aromatic nitrogens is 5. The zero-order chi connectivity index (χ0) is 54.2. The predicted molar refractivity (Wildman–Crippen MR) is 295 cm³/mol. The van der Waals surface area contributed by atoms with Gasteiger partial charge in [0.25, 0.3) is 11.8 Å². The molecule has 6 heterocycles. The number of piperazine rings is 1. The Labute approximate surface area is 456 Å². The Hall–Kier alpha value is -7.61. The lowest BCUT2D eigenvalue weighted by Gasteiger charge is -2.35. The van der Waals surface area contributed by atoms with E-state index in [2.05, 4.69) is 53.1 Å². The van der Waals surface area contributed by atoms with E-state index in [1.165, 1.54) is 51.4 Å². The number of nitrogens with two attached hydrogens (primary N) is 1. The Balaban J connectivity index is 0.556. The quantitative estimate of drug-likeness (QED) is 0.0296. The number of imide groups is 2. The van der Waals surface area contributed by atoms with Crippen LogP contribution in [0.3, 0.4) is 0 Å². The molecule has 3 saturated heterocycles. The second-order valence-corrected chi connectivity index (χ2v) is 20.9. The maximum absolute atomic E-state index is 13.4. The molecule has 9 rings (SSSR count). The first-order valence-corrected chi connectivity index (χ1v) is 28.1. The highest BCUT2D eigenvalue weighted by molar-refractivity contribution is 6.25. The number of rotatable bonds is 27. The van der Waals surface area contributed by atoms with Crippen molar-refractivity contribution in [2.24, 2.45) is 0 Å².